The van der Waals surface area contributed by atoms with Crippen LogP contribution in [0.4, 0.5) is 0 Å². The summed E-state index contributed by atoms with van der Waals surface area (Å²) in [6.07, 6.45) is 5.79. The lowest BCUT2D eigenvalue weighted by atomic mass is 9.94. The highest BCUT2D eigenvalue weighted by Crippen LogP contribution is 2.23. The number of carbonyl (C=O) groups excluding carboxylic acids is 1. The lowest BCUT2D eigenvalue weighted by molar-refractivity contribution is -0.134. The van der Waals surface area contributed by atoms with Crippen molar-refractivity contribution < 1.29 is 4.79 Å². The predicted octanol–water partition coefficient (Wildman–Crippen LogP) is 1.39. The maximum absolute atomic E-state index is 12.5. The number of amides is 1. The Kier molecular flexibility index (Phi) is 6.53. The van der Waals surface area contributed by atoms with Gasteiger partial charge >= 0.3 is 0 Å². The molecule has 3 heterocycles. The van der Waals surface area contributed by atoms with Crippen LogP contribution in [0.2, 0.25) is 0 Å². The third-order valence-electron chi connectivity index (χ3n) is 6.46. The SMILES string of the molecule is C[C@@H]1CC[C@H](C)N1CCN1CCN(C(=O)CC2CCNCC2)CC1. The van der Waals surface area contributed by atoms with Gasteiger partial charge < -0.3 is 10.2 Å². The molecule has 0 bridgehead atoms. The summed E-state index contributed by atoms with van der Waals surface area (Å²) in [5.41, 5.74) is 0. The van der Waals surface area contributed by atoms with Crippen LogP contribution in [0.15, 0.2) is 0 Å². The summed E-state index contributed by atoms with van der Waals surface area (Å²) < 4.78 is 0. The number of piperidine rings is 1. The molecule has 1 N–H and O–H groups in total. The normalized spacial score (nSPS) is 30.8. The van der Waals surface area contributed by atoms with Gasteiger partial charge in [-0.25, -0.2) is 0 Å². The first kappa shape index (κ1) is 18.2. The second-order valence-electron chi connectivity index (χ2n) is 8.13. The minimum atomic E-state index is 0.392. The summed E-state index contributed by atoms with van der Waals surface area (Å²) >= 11 is 0. The van der Waals surface area contributed by atoms with Crippen LogP contribution in [0.1, 0.15) is 46.0 Å². The molecule has 0 saturated carbocycles. The number of likely N-dealkylation sites (tertiary alicyclic amines) is 1. The highest BCUT2D eigenvalue weighted by molar-refractivity contribution is 5.76. The van der Waals surface area contributed by atoms with E-state index in [4.69, 9.17) is 0 Å². The number of piperazine rings is 1. The van der Waals surface area contributed by atoms with Crippen molar-refractivity contribution in [1.29, 1.82) is 0 Å². The molecule has 0 radical (unpaired) electrons. The molecular formula is C19H36N4O. The number of hydrogen-bond donors (Lipinski definition) is 1. The van der Waals surface area contributed by atoms with Crippen molar-refractivity contribution in [3.8, 4) is 0 Å². The fourth-order valence-electron chi connectivity index (χ4n) is 4.63. The fraction of sp³-hybridized carbons (Fsp3) is 0.947. The van der Waals surface area contributed by atoms with Crippen LogP contribution >= 0.6 is 0 Å². The van der Waals surface area contributed by atoms with Gasteiger partial charge in [0, 0.05) is 57.8 Å². The lowest BCUT2D eigenvalue weighted by Gasteiger charge is -2.37. The summed E-state index contributed by atoms with van der Waals surface area (Å²) in [6, 6.07) is 1.49. The third kappa shape index (κ3) is 4.70. The topological polar surface area (TPSA) is 38.8 Å². The van der Waals surface area contributed by atoms with Crippen molar-refractivity contribution >= 4 is 5.91 Å². The molecule has 2 atom stereocenters. The molecule has 24 heavy (non-hydrogen) atoms. The van der Waals surface area contributed by atoms with E-state index in [2.05, 4.69) is 33.9 Å². The highest BCUT2D eigenvalue weighted by Gasteiger charge is 2.28. The van der Waals surface area contributed by atoms with E-state index in [0.29, 0.717) is 11.8 Å². The van der Waals surface area contributed by atoms with Gasteiger partial charge in [-0.2, -0.15) is 0 Å². The standard InChI is InChI=1S/C19H36N4O/c1-16-3-4-17(2)23(16)14-11-21-9-12-22(13-10-21)19(24)15-18-5-7-20-8-6-18/h16-18,20H,3-15H2,1-2H3/t16-,17+. The molecule has 3 aliphatic heterocycles. The van der Waals surface area contributed by atoms with Crippen molar-refractivity contribution in [3.05, 3.63) is 0 Å². The van der Waals surface area contributed by atoms with E-state index in [0.717, 1.165) is 77.2 Å². The Bertz CT molecular complexity index is 392. The van der Waals surface area contributed by atoms with Gasteiger partial charge in [0.05, 0.1) is 0 Å². The number of nitrogens with zero attached hydrogens (tertiary/aromatic N) is 3. The number of hydrogen-bond acceptors (Lipinski definition) is 4. The average Bonchev–Trinajstić information content (AvgIpc) is 2.92. The van der Waals surface area contributed by atoms with Crippen LogP contribution in [0, 0.1) is 5.92 Å². The van der Waals surface area contributed by atoms with Gasteiger partial charge in [0.2, 0.25) is 5.91 Å². The zero-order valence-corrected chi connectivity index (χ0v) is 15.7. The number of rotatable bonds is 5. The van der Waals surface area contributed by atoms with Crippen LogP contribution in [-0.2, 0) is 4.79 Å². The second kappa shape index (κ2) is 8.63. The summed E-state index contributed by atoms with van der Waals surface area (Å²) in [7, 11) is 0. The molecule has 1 amide bonds. The zero-order chi connectivity index (χ0) is 16.9. The van der Waals surface area contributed by atoms with Crippen molar-refractivity contribution in [3.63, 3.8) is 0 Å². The first-order valence-corrected chi connectivity index (χ1v) is 10.1. The number of carbonyl (C=O) groups is 1. The van der Waals surface area contributed by atoms with Crippen LogP contribution in [0.3, 0.4) is 0 Å². The van der Waals surface area contributed by atoms with Gasteiger partial charge in [0.25, 0.3) is 0 Å². The molecule has 5 nitrogen and oxygen atoms in total. The van der Waals surface area contributed by atoms with Gasteiger partial charge in [-0.3, -0.25) is 14.6 Å². The number of nitrogens with one attached hydrogen (secondary N) is 1. The second-order valence-corrected chi connectivity index (χ2v) is 8.13. The van der Waals surface area contributed by atoms with Crippen molar-refractivity contribution in [1.82, 2.24) is 20.0 Å². The first-order chi connectivity index (χ1) is 11.6. The van der Waals surface area contributed by atoms with E-state index >= 15 is 0 Å². The fourth-order valence-corrected chi connectivity index (χ4v) is 4.63. The summed E-state index contributed by atoms with van der Waals surface area (Å²) in [4.78, 5) is 19.8. The predicted molar refractivity (Wildman–Crippen MR) is 98.1 cm³/mol. The molecule has 3 fully saturated rings. The summed E-state index contributed by atoms with van der Waals surface area (Å²) in [6.45, 7) is 13.2. The van der Waals surface area contributed by atoms with E-state index in [9.17, 15) is 4.79 Å². The smallest absolute Gasteiger partial charge is 0.222 e. The van der Waals surface area contributed by atoms with Crippen LogP contribution in [0.25, 0.3) is 0 Å². The Morgan fingerprint density at radius 3 is 2.17 bits per heavy atom. The third-order valence-corrected chi connectivity index (χ3v) is 6.46. The Hall–Kier alpha value is -0.650. The molecule has 3 rings (SSSR count). The first-order valence-electron chi connectivity index (χ1n) is 10.1. The van der Waals surface area contributed by atoms with Crippen molar-refractivity contribution in [2.45, 2.75) is 58.0 Å². The quantitative estimate of drug-likeness (QED) is 0.824. The highest BCUT2D eigenvalue weighted by atomic mass is 16.2. The van der Waals surface area contributed by atoms with E-state index in [1.54, 1.807) is 0 Å². The average molecular weight is 337 g/mol. The Morgan fingerprint density at radius 2 is 1.54 bits per heavy atom. The monoisotopic (exact) mass is 336 g/mol. The summed E-state index contributed by atoms with van der Waals surface area (Å²) in [5, 5.41) is 3.38. The van der Waals surface area contributed by atoms with Crippen molar-refractivity contribution in [2.75, 3.05) is 52.4 Å². The zero-order valence-electron chi connectivity index (χ0n) is 15.7. The van der Waals surface area contributed by atoms with E-state index in [-0.39, 0.29) is 0 Å². The maximum Gasteiger partial charge on any atom is 0.222 e. The van der Waals surface area contributed by atoms with Crippen LogP contribution in [-0.4, -0.2) is 85.0 Å². The molecule has 0 aromatic heterocycles. The molecule has 0 spiro atoms. The molecule has 138 valence electrons. The Labute approximate surface area is 147 Å². The summed E-state index contributed by atoms with van der Waals surface area (Å²) in [5.74, 6) is 0.998. The minimum Gasteiger partial charge on any atom is -0.340 e. The molecular weight excluding hydrogens is 300 g/mol. The lowest BCUT2D eigenvalue weighted by Crippen LogP contribution is -2.51. The van der Waals surface area contributed by atoms with Gasteiger partial charge in [0.15, 0.2) is 0 Å². The molecule has 0 unspecified atom stereocenters. The van der Waals surface area contributed by atoms with E-state index in [1.165, 1.54) is 19.4 Å². The van der Waals surface area contributed by atoms with Gasteiger partial charge in [0.1, 0.15) is 0 Å². The van der Waals surface area contributed by atoms with Crippen LogP contribution < -0.4 is 5.32 Å². The minimum absolute atomic E-state index is 0.392. The molecule has 3 aliphatic rings. The maximum atomic E-state index is 12.5. The largest absolute Gasteiger partial charge is 0.340 e. The molecule has 0 aromatic carbocycles. The Morgan fingerprint density at radius 1 is 0.917 bits per heavy atom. The van der Waals surface area contributed by atoms with Gasteiger partial charge in [-0.15, -0.1) is 0 Å². The molecule has 3 saturated heterocycles. The van der Waals surface area contributed by atoms with Gasteiger partial charge in [-0.1, -0.05) is 0 Å². The van der Waals surface area contributed by atoms with Gasteiger partial charge in [-0.05, 0) is 58.5 Å². The Balaban J connectivity index is 1.35. The molecule has 5 heteroatoms. The molecule has 0 aromatic rings. The molecule has 0 aliphatic carbocycles. The van der Waals surface area contributed by atoms with Crippen LogP contribution in [0.5, 0.6) is 0 Å². The van der Waals surface area contributed by atoms with E-state index in [1.807, 2.05) is 0 Å². The van der Waals surface area contributed by atoms with E-state index < -0.39 is 0 Å². The van der Waals surface area contributed by atoms with Crippen molar-refractivity contribution in [2.24, 2.45) is 5.92 Å².